The average molecular weight is 327 g/mol. The Bertz CT molecular complexity index is 606. The summed E-state index contributed by atoms with van der Waals surface area (Å²) in [6.45, 7) is 4.03. The Balaban J connectivity index is 1.98. The Morgan fingerprint density at radius 3 is 2.86 bits per heavy atom. The number of amides is 1. The molecule has 0 saturated carbocycles. The number of hydrogen-bond donors (Lipinski definition) is 1. The molecule has 1 fully saturated rings. The molecule has 114 valence electrons. The predicted octanol–water partition coefficient (Wildman–Crippen LogP) is 2.87. The van der Waals surface area contributed by atoms with Gasteiger partial charge in [0, 0.05) is 4.90 Å². The second-order valence-corrected chi connectivity index (χ2v) is 7.91. The molecule has 0 radical (unpaired) electrons. The molecule has 0 aromatic heterocycles. The van der Waals surface area contributed by atoms with Crippen LogP contribution in [0.5, 0.6) is 5.75 Å². The van der Waals surface area contributed by atoms with Crippen LogP contribution in [0.15, 0.2) is 17.0 Å². The highest BCUT2D eigenvalue weighted by atomic mass is 35.5. The predicted molar refractivity (Wildman–Crippen MR) is 84.6 cm³/mol. The van der Waals surface area contributed by atoms with E-state index in [2.05, 4.69) is 0 Å². The van der Waals surface area contributed by atoms with Crippen molar-refractivity contribution in [3.63, 3.8) is 0 Å². The summed E-state index contributed by atoms with van der Waals surface area (Å²) in [5.41, 5.74) is 0.896. The Morgan fingerprint density at radius 1 is 1.48 bits per heavy atom. The van der Waals surface area contributed by atoms with Crippen LogP contribution in [0.2, 0.25) is 5.02 Å². The molecule has 1 aromatic carbocycles. The Morgan fingerprint density at radius 2 is 2.19 bits per heavy atom. The standard InChI is InChI=1S/C15H19ClN2O2S/c1-15(2)7-9-4-8-5-10(16)11(20-3)6-12(8)21-13(9)14(19)18(15)17/h5-6,9,13H,4,7,17H2,1-3H3. The van der Waals surface area contributed by atoms with E-state index >= 15 is 0 Å². The van der Waals surface area contributed by atoms with E-state index in [4.69, 9.17) is 22.2 Å². The van der Waals surface area contributed by atoms with Crippen LogP contribution in [0.3, 0.4) is 0 Å². The van der Waals surface area contributed by atoms with Gasteiger partial charge in [0.05, 0.1) is 22.9 Å². The molecule has 0 bridgehead atoms. The van der Waals surface area contributed by atoms with Gasteiger partial charge in [0.15, 0.2) is 0 Å². The minimum Gasteiger partial charge on any atom is -0.495 e. The van der Waals surface area contributed by atoms with Crippen molar-refractivity contribution in [3.8, 4) is 5.75 Å². The molecule has 2 unspecified atom stereocenters. The molecule has 21 heavy (non-hydrogen) atoms. The molecular formula is C15H19ClN2O2S. The van der Waals surface area contributed by atoms with E-state index in [1.807, 2.05) is 26.0 Å². The summed E-state index contributed by atoms with van der Waals surface area (Å²) in [6, 6.07) is 3.89. The summed E-state index contributed by atoms with van der Waals surface area (Å²) >= 11 is 7.80. The second kappa shape index (κ2) is 5.07. The number of hydrazine groups is 1. The summed E-state index contributed by atoms with van der Waals surface area (Å²) < 4.78 is 5.26. The molecule has 3 rings (SSSR count). The maximum Gasteiger partial charge on any atom is 0.250 e. The molecule has 2 aliphatic heterocycles. The molecule has 2 aliphatic rings. The summed E-state index contributed by atoms with van der Waals surface area (Å²) in [6.07, 6.45) is 1.76. The highest BCUT2D eigenvalue weighted by Crippen LogP contribution is 2.47. The number of nitrogens with two attached hydrogens (primary N) is 1. The van der Waals surface area contributed by atoms with E-state index in [1.165, 1.54) is 10.6 Å². The first kappa shape index (κ1) is 15.0. The van der Waals surface area contributed by atoms with Gasteiger partial charge in [-0.1, -0.05) is 11.6 Å². The third-order valence-electron chi connectivity index (χ3n) is 4.39. The van der Waals surface area contributed by atoms with Crippen molar-refractivity contribution < 1.29 is 9.53 Å². The highest BCUT2D eigenvalue weighted by molar-refractivity contribution is 8.00. The number of fused-ring (bicyclic) bond motifs is 2. The zero-order valence-electron chi connectivity index (χ0n) is 12.4. The van der Waals surface area contributed by atoms with Crippen LogP contribution in [0, 0.1) is 5.92 Å². The van der Waals surface area contributed by atoms with Crippen LogP contribution in [-0.2, 0) is 11.2 Å². The number of carbonyl (C=O) groups excluding carboxylic acids is 1. The first-order valence-electron chi connectivity index (χ1n) is 6.95. The van der Waals surface area contributed by atoms with Crippen molar-refractivity contribution in [2.45, 2.75) is 42.4 Å². The van der Waals surface area contributed by atoms with E-state index in [0.29, 0.717) is 16.7 Å². The normalized spacial score (nSPS) is 27.1. The van der Waals surface area contributed by atoms with Gasteiger partial charge in [0.2, 0.25) is 0 Å². The Kier molecular flexibility index (Phi) is 3.62. The smallest absolute Gasteiger partial charge is 0.250 e. The molecule has 1 saturated heterocycles. The van der Waals surface area contributed by atoms with Crippen LogP contribution in [0.4, 0.5) is 0 Å². The van der Waals surface area contributed by atoms with E-state index in [9.17, 15) is 4.79 Å². The Labute approximate surface area is 133 Å². The quantitative estimate of drug-likeness (QED) is 0.637. The minimum atomic E-state index is -0.299. The molecule has 0 aliphatic carbocycles. The lowest BCUT2D eigenvalue weighted by Gasteiger charge is -2.47. The van der Waals surface area contributed by atoms with E-state index in [0.717, 1.165) is 17.7 Å². The lowest BCUT2D eigenvalue weighted by Crippen LogP contribution is -2.62. The summed E-state index contributed by atoms with van der Waals surface area (Å²) in [5, 5.41) is 1.91. The lowest BCUT2D eigenvalue weighted by molar-refractivity contribution is -0.142. The third-order valence-corrected chi connectivity index (χ3v) is 6.16. The minimum absolute atomic E-state index is 0.0146. The number of rotatable bonds is 1. The third kappa shape index (κ3) is 2.41. The van der Waals surface area contributed by atoms with E-state index < -0.39 is 0 Å². The fraction of sp³-hybridized carbons (Fsp3) is 0.533. The molecular weight excluding hydrogens is 308 g/mol. The summed E-state index contributed by atoms with van der Waals surface area (Å²) in [4.78, 5) is 13.6. The van der Waals surface area contributed by atoms with E-state index in [-0.39, 0.29) is 16.7 Å². The average Bonchev–Trinajstić information content (AvgIpc) is 2.42. The van der Waals surface area contributed by atoms with Crippen LogP contribution in [0.25, 0.3) is 0 Å². The number of piperidine rings is 1. The van der Waals surface area contributed by atoms with Gasteiger partial charge >= 0.3 is 0 Å². The zero-order valence-corrected chi connectivity index (χ0v) is 13.9. The molecule has 6 heteroatoms. The molecule has 2 atom stereocenters. The van der Waals surface area contributed by atoms with Crippen molar-refractivity contribution in [1.82, 2.24) is 5.01 Å². The molecule has 1 amide bonds. The molecule has 2 N–H and O–H groups in total. The van der Waals surface area contributed by atoms with Gasteiger partial charge in [0.25, 0.3) is 5.91 Å². The number of carbonyl (C=O) groups is 1. The molecule has 0 spiro atoms. The number of methoxy groups -OCH3 is 1. The van der Waals surface area contributed by atoms with Gasteiger partial charge < -0.3 is 4.74 Å². The number of halogens is 1. The van der Waals surface area contributed by atoms with Crippen molar-refractivity contribution in [1.29, 1.82) is 0 Å². The van der Waals surface area contributed by atoms with Crippen LogP contribution >= 0.6 is 23.4 Å². The first-order valence-corrected chi connectivity index (χ1v) is 8.21. The van der Waals surface area contributed by atoms with Gasteiger partial charge in [0.1, 0.15) is 5.75 Å². The molecule has 4 nitrogen and oxygen atoms in total. The lowest BCUT2D eigenvalue weighted by atomic mass is 9.79. The first-order chi connectivity index (χ1) is 9.83. The maximum atomic E-state index is 12.5. The number of hydrogen-bond acceptors (Lipinski definition) is 4. The van der Waals surface area contributed by atoms with Crippen molar-refractivity contribution in [2.75, 3.05) is 7.11 Å². The van der Waals surface area contributed by atoms with Gasteiger partial charge in [-0.05, 0) is 50.3 Å². The highest BCUT2D eigenvalue weighted by Gasteiger charge is 2.47. The van der Waals surface area contributed by atoms with Crippen LogP contribution in [0.1, 0.15) is 25.8 Å². The van der Waals surface area contributed by atoms with Gasteiger partial charge in [-0.3, -0.25) is 9.80 Å². The topological polar surface area (TPSA) is 55.6 Å². The fourth-order valence-electron chi connectivity index (χ4n) is 3.23. The second-order valence-electron chi connectivity index (χ2n) is 6.32. The largest absolute Gasteiger partial charge is 0.495 e. The summed E-state index contributed by atoms with van der Waals surface area (Å²) in [5.74, 6) is 6.95. The van der Waals surface area contributed by atoms with Gasteiger partial charge in [-0.15, -0.1) is 11.8 Å². The van der Waals surface area contributed by atoms with Crippen LogP contribution in [-0.4, -0.2) is 28.8 Å². The fourth-order valence-corrected chi connectivity index (χ4v) is 4.84. The van der Waals surface area contributed by atoms with Crippen LogP contribution < -0.4 is 10.6 Å². The van der Waals surface area contributed by atoms with Crippen molar-refractivity contribution >= 4 is 29.3 Å². The maximum absolute atomic E-state index is 12.5. The monoisotopic (exact) mass is 326 g/mol. The number of ether oxygens (including phenoxy) is 1. The molecule has 1 aromatic rings. The molecule has 2 heterocycles. The van der Waals surface area contributed by atoms with Crippen molar-refractivity contribution in [2.24, 2.45) is 11.8 Å². The van der Waals surface area contributed by atoms with Gasteiger partial charge in [-0.2, -0.15) is 0 Å². The number of nitrogens with zero attached hydrogens (tertiary/aromatic N) is 1. The number of thioether (sulfide) groups is 1. The van der Waals surface area contributed by atoms with Gasteiger partial charge in [-0.25, -0.2) is 5.84 Å². The Hall–Kier alpha value is -0.910. The van der Waals surface area contributed by atoms with Crippen molar-refractivity contribution in [3.05, 3.63) is 22.7 Å². The van der Waals surface area contributed by atoms with E-state index in [1.54, 1.807) is 18.9 Å². The zero-order chi connectivity index (χ0) is 15.4. The number of benzene rings is 1. The summed E-state index contributed by atoms with van der Waals surface area (Å²) in [7, 11) is 1.60. The SMILES string of the molecule is COc1cc2c(cc1Cl)CC1CC(C)(C)N(N)C(=O)C1S2.